The highest BCUT2D eigenvalue weighted by Gasteiger charge is 2.35. The third kappa shape index (κ3) is 5.94. The van der Waals surface area contributed by atoms with E-state index in [9.17, 15) is 10.1 Å². The Hall–Kier alpha value is -3.68. The Balaban J connectivity index is 1.26. The molecule has 1 aromatic heterocycles. The summed E-state index contributed by atoms with van der Waals surface area (Å²) in [5.41, 5.74) is 6.31. The van der Waals surface area contributed by atoms with E-state index in [1.165, 1.54) is 28.5 Å². The van der Waals surface area contributed by atoms with Crippen LogP contribution >= 0.6 is 0 Å². The van der Waals surface area contributed by atoms with Crippen LogP contribution in [-0.2, 0) is 28.8 Å². The second-order valence-corrected chi connectivity index (χ2v) is 11.7. The van der Waals surface area contributed by atoms with E-state index in [0.717, 1.165) is 76.6 Å². The van der Waals surface area contributed by atoms with Crippen LogP contribution in [0.2, 0.25) is 0 Å². The Bertz CT molecular complexity index is 1350. The number of carbonyl (C=O) groups is 1. The lowest BCUT2D eigenvalue weighted by Crippen LogP contribution is -2.55. The van der Waals surface area contributed by atoms with Gasteiger partial charge in [0.25, 0.3) is 0 Å². The fraction of sp³-hybridized carbons (Fsp3) is 0.562. The van der Waals surface area contributed by atoms with Crippen LogP contribution in [0.15, 0.2) is 30.9 Å². The van der Waals surface area contributed by atoms with Gasteiger partial charge in [-0.3, -0.25) is 9.69 Å². The Morgan fingerprint density at radius 2 is 2.05 bits per heavy atom. The topological polar surface area (TPSA) is 98.1 Å². The van der Waals surface area contributed by atoms with Crippen molar-refractivity contribution in [2.24, 2.45) is 0 Å². The molecule has 0 N–H and O–H groups in total. The van der Waals surface area contributed by atoms with Crippen molar-refractivity contribution in [2.75, 3.05) is 75.4 Å². The number of benzene rings is 1. The normalized spacial score (nSPS) is 22.3. The monoisotopic (exact) mass is 571 g/mol. The molecule has 1 amide bonds. The lowest BCUT2D eigenvalue weighted by Gasteiger charge is -2.42. The number of aromatic nitrogens is 2. The van der Waals surface area contributed by atoms with Gasteiger partial charge in [0.1, 0.15) is 12.4 Å². The van der Waals surface area contributed by atoms with Crippen LogP contribution in [0.5, 0.6) is 6.01 Å². The predicted octanol–water partition coefficient (Wildman–Crippen LogP) is 2.53. The maximum absolute atomic E-state index is 12.5. The number of hydrogen-bond donors (Lipinski definition) is 0. The van der Waals surface area contributed by atoms with Crippen LogP contribution in [0.4, 0.5) is 11.5 Å². The van der Waals surface area contributed by atoms with E-state index in [1.807, 2.05) is 0 Å². The number of aryl methyl sites for hydroxylation is 1. The zero-order valence-corrected chi connectivity index (χ0v) is 24.6. The van der Waals surface area contributed by atoms with Gasteiger partial charge in [-0.25, -0.2) is 0 Å². The van der Waals surface area contributed by atoms with E-state index in [-0.39, 0.29) is 18.4 Å². The number of amides is 1. The number of carbonyl (C=O) groups excluding carboxylic acids is 1. The predicted molar refractivity (Wildman–Crippen MR) is 161 cm³/mol. The van der Waals surface area contributed by atoms with Crippen LogP contribution in [0.25, 0.3) is 0 Å². The molecule has 42 heavy (non-hydrogen) atoms. The van der Waals surface area contributed by atoms with Crippen molar-refractivity contribution >= 4 is 17.4 Å². The maximum Gasteiger partial charge on any atom is 0.318 e. The SMILES string of the molecule is C=CC(=O)N1CCN(c2nc(OCCN3CCOCC3)nc3c2CCC(N2CCc4ccc(C)cc42)C3)CC1CC#N. The molecule has 2 saturated heterocycles. The van der Waals surface area contributed by atoms with Crippen LogP contribution in [-0.4, -0.2) is 103 Å². The van der Waals surface area contributed by atoms with Crippen molar-refractivity contribution in [1.29, 1.82) is 5.26 Å². The minimum Gasteiger partial charge on any atom is -0.462 e. The third-order valence-corrected chi connectivity index (χ3v) is 9.13. The van der Waals surface area contributed by atoms with Gasteiger partial charge in [-0.05, 0) is 49.5 Å². The molecule has 2 unspecified atom stereocenters. The molecule has 4 heterocycles. The molecular formula is C32H41N7O3. The standard InChI is InChI=1S/C32H41N7O3/c1-3-30(40)39-13-12-37(22-26(39)8-10-33)31-27-7-6-25(38-11-9-24-5-4-23(2)20-29(24)38)21-28(27)34-32(35-31)42-19-16-36-14-17-41-18-15-36/h3-5,20,25-26H,1,6-9,11-19,21-22H2,2H3. The Morgan fingerprint density at radius 3 is 2.86 bits per heavy atom. The summed E-state index contributed by atoms with van der Waals surface area (Å²) in [4.78, 5) is 31.4. The van der Waals surface area contributed by atoms with Gasteiger partial charge in [-0.2, -0.15) is 15.2 Å². The molecule has 0 bridgehead atoms. The smallest absolute Gasteiger partial charge is 0.318 e. The van der Waals surface area contributed by atoms with E-state index in [4.69, 9.17) is 19.4 Å². The number of hydrogen-bond acceptors (Lipinski definition) is 9. The Kier molecular flexibility index (Phi) is 8.58. The Morgan fingerprint density at radius 1 is 1.19 bits per heavy atom. The van der Waals surface area contributed by atoms with Gasteiger partial charge >= 0.3 is 6.01 Å². The first-order valence-electron chi connectivity index (χ1n) is 15.3. The third-order valence-electron chi connectivity index (χ3n) is 9.13. The van der Waals surface area contributed by atoms with Crippen LogP contribution < -0.4 is 14.5 Å². The van der Waals surface area contributed by atoms with E-state index in [1.54, 1.807) is 4.90 Å². The number of piperazine rings is 1. The van der Waals surface area contributed by atoms with Crippen LogP contribution in [0.3, 0.4) is 0 Å². The molecule has 10 nitrogen and oxygen atoms in total. The quantitative estimate of drug-likeness (QED) is 0.443. The zero-order valence-electron chi connectivity index (χ0n) is 24.6. The van der Waals surface area contributed by atoms with Gasteiger partial charge in [0.15, 0.2) is 0 Å². The molecule has 1 aliphatic carbocycles. The fourth-order valence-corrected chi connectivity index (χ4v) is 6.87. The molecule has 2 aromatic rings. The molecule has 4 aliphatic rings. The first kappa shape index (κ1) is 28.4. The second kappa shape index (κ2) is 12.7. The van der Waals surface area contributed by atoms with Gasteiger partial charge < -0.3 is 24.2 Å². The average Bonchev–Trinajstić information content (AvgIpc) is 3.44. The minimum atomic E-state index is -0.216. The molecule has 1 aromatic carbocycles. The fourth-order valence-electron chi connectivity index (χ4n) is 6.87. The van der Waals surface area contributed by atoms with Gasteiger partial charge in [-0.1, -0.05) is 18.7 Å². The molecule has 2 fully saturated rings. The summed E-state index contributed by atoms with van der Waals surface area (Å²) in [6.45, 7) is 13.2. The number of anilines is 2. The van der Waals surface area contributed by atoms with E-state index in [0.29, 0.717) is 38.3 Å². The van der Waals surface area contributed by atoms with Gasteiger partial charge in [0, 0.05) is 69.5 Å². The molecular weight excluding hydrogens is 530 g/mol. The molecule has 0 radical (unpaired) electrons. The van der Waals surface area contributed by atoms with Crippen molar-refractivity contribution in [3.05, 3.63) is 53.2 Å². The summed E-state index contributed by atoms with van der Waals surface area (Å²) >= 11 is 0. The van der Waals surface area contributed by atoms with Crippen molar-refractivity contribution in [2.45, 2.75) is 51.1 Å². The highest BCUT2D eigenvalue weighted by atomic mass is 16.5. The van der Waals surface area contributed by atoms with Crippen molar-refractivity contribution < 1.29 is 14.3 Å². The number of nitrogens with zero attached hydrogens (tertiary/aromatic N) is 7. The van der Waals surface area contributed by atoms with Crippen LogP contribution in [0.1, 0.15) is 35.2 Å². The Labute approximate surface area is 248 Å². The lowest BCUT2D eigenvalue weighted by molar-refractivity contribution is -0.128. The first-order valence-corrected chi connectivity index (χ1v) is 15.3. The summed E-state index contributed by atoms with van der Waals surface area (Å²) < 4.78 is 11.7. The van der Waals surface area contributed by atoms with Gasteiger partial charge in [0.2, 0.25) is 5.91 Å². The number of morpholine rings is 1. The van der Waals surface area contributed by atoms with Crippen molar-refractivity contribution in [1.82, 2.24) is 19.8 Å². The number of rotatable bonds is 8. The summed E-state index contributed by atoms with van der Waals surface area (Å²) in [6, 6.07) is 9.64. The van der Waals surface area contributed by atoms with Crippen molar-refractivity contribution in [3.63, 3.8) is 0 Å². The van der Waals surface area contributed by atoms with Gasteiger partial charge in [-0.15, -0.1) is 0 Å². The maximum atomic E-state index is 12.5. The zero-order chi connectivity index (χ0) is 29.1. The number of fused-ring (bicyclic) bond motifs is 2. The van der Waals surface area contributed by atoms with E-state index >= 15 is 0 Å². The first-order chi connectivity index (χ1) is 20.5. The molecule has 6 rings (SSSR count). The van der Waals surface area contributed by atoms with E-state index in [2.05, 4.69) is 52.5 Å². The molecule has 10 heteroatoms. The molecule has 0 saturated carbocycles. The average molecular weight is 572 g/mol. The highest BCUT2D eigenvalue weighted by Crippen LogP contribution is 2.37. The number of ether oxygens (including phenoxy) is 2. The van der Waals surface area contributed by atoms with Gasteiger partial charge in [0.05, 0.1) is 37.4 Å². The largest absolute Gasteiger partial charge is 0.462 e. The number of nitriles is 1. The van der Waals surface area contributed by atoms with Crippen LogP contribution in [0, 0.1) is 18.3 Å². The highest BCUT2D eigenvalue weighted by molar-refractivity contribution is 5.87. The summed E-state index contributed by atoms with van der Waals surface area (Å²) in [5, 5.41) is 9.51. The second-order valence-electron chi connectivity index (χ2n) is 11.7. The lowest BCUT2D eigenvalue weighted by atomic mass is 9.90. The summed E-state index contributed by atoms with van der Waals surface area (Å²) in [5.74, 6) is 0.766. The summed E-state index contributed by atoms with van der Waals surface area (Å²) in [7, 11) is 0. The van der Waals surface area contributed by atoms with E-state index < -0.39 is 0 Å². The van der Waals surface area contributed by atoms with Crippen molar-refractivity contribution in [3.8, 4) is 12.1 Å². The molecule has 2 atom stereocenters. The molecule has 222 valence electrons. The summed E-state index contributed by atoms with van der Waals surface area (Å²) in [6.07, 6.45) is 5.44. The minimum absolute atomic E-state index is 0.129. The molecule has 3 aliphatic heterocycles. The molecule has 0 spiro atoms.